The Morgan fingerprint density at radius 3 is 2.48 bits per heavy atom. The second kappa shape index (κ2) is 5.05. The first-order valence-corrected chi connectivity index (χ1v) is 6.83. The van der Waals surface area contributed by atoms with Crippen molar-refractivity contribution in [1.82, 2.24) is 0 Å². The van der Waals surface area contributed by atoms with E-state index < -0.39 is 5.97 Å². The summed E-state index contributed by atoms with van der Waals surface area (Å²) in [5.74, 6) is -1.04. The first-order chi connectivity index (χ1) is 10.1. The molecule has 0 saturated carbocycles. The molecule has 1 atom stereocenters. The number of nitrogens with zero attached hydrogens (tertiary/aromatic N) is 1. The minimum atomic E-state index is -0.951. The van der Waals surface area contributed by atoms with Crippen LogP contribution >= 0.6 is 0 Å². The van der Waals surface area contributed by atoms with Crippen LogP contribution in [-0.4, -0.2) is 23.0 Å². The molecule has 0 spiro atoms. The van der Waals surface area contributed by atoms with E-state index in [0.29, 0.717) is 17.7 Å². The van der Waals surface area contributed by atoms with Gasteiger partial charge in [-0.2, -0.15) is 0 Å². The Labute approximate surface area is 122 Å². The Balaban J connectivity index is 2.06. The maximum Gasteiger partial charge on any atom is 0.336 e. The molecule has 21 heavy (non-hydrogen) atoms. The maximum atomic E-state index is 12.7. The number of carboxylic acids is 1. The fraction of sp³-hybridized carbons (Fsp3) is 0.176. The van der Waals surface area contributed by atoms with Crippen molar-refractivity contribution in [1.29, 1.82) is 0 Å². The minimum Gasteiger partial charge on any atom is -0.478 e. The number of carbonyl (C=O) groups is 2. The zero-order chi connectivity index (χ0) is 15.0. The molecule has 1 unspecified atom stereocenters. The van der Waals surface area contributed by atoms with Crippen LogP contribution in [0.3, 0.4) is 0 Å². The number of rotatable bonds is 2. The van der Waals surface area contributed by atoms with Gasteiger partial charge in [0.2, 0.25) is 0 Å². The second-order valence-corrected chi connectivity index (χ2v) is 5.20. The quantitative estimate of drug-likeness (QED) is 0.920. The largest absolute Gasteiger partial charge is 0.478 e. The number of hydrogen-bond acceptors (Lipinski definition) is 2. The fourth-order valence-corrected chi connectivity index (χ4v) is 2.87. The van der Waals surface area contributed by atoms with Crippen LogP contribution in [-0.2, 0) is 6.42 Å². The molecule has 2 aromatic carbocycles. The molecule has 1 aliphatic rings. The van der Waals surface area contributed by atoms with Crippen LogP contribution in [0, 0.1) is 0 Å². The zero-order valence-electron chi connectivity index (χ0n) is 11.6. The first-order valence-electron chi connectivity index (χ1n) is 6.83. The van der Waals surface area contributed by atoms with Gasteiger partial charge in [0.05, 0.1) is 5.56 Å². The number of hydrogen-bond donors (Lipinski definition) is 1. The van der Waals surface area contributed by atoms with Crippen molar-refractivity contribution in [2.75, 3.05) is 4.90 Å². The average Bonchev–Trinajstić information content (AvgIpc) is 2.82. The normalized spacial score (nSPS) is 16.6. The van der Waals surface area contributed by atoms with Crippen molar-refractivity contribution in [3.63, 3.8) is 0 Å². The molecular formula is C17H15NO3. The highest BCUT2D eigenvalue weighted by molar-refractivity contribution is 6.08. The van der Waals surface area contributed by atoms with E-state index >= 15 is 0 Å². The van der Waals surface area contributed by atoms with E-state index in [1.54, 1.807) is 29.2 Å². The number of amides is 1. The molecule has 0 radical (unpaired) electrons. The number of anilines is 1. The van der Waals surface area contributed by atoms with Gasteiger partial charge in [-0.3, -0.25) is 4.79 Å². The van der Waals surface area contributed by atoms with E-state index in [1.165, 1.54) is 0 Å². The van der Waals surface area contributed by atoms with Crippen LogP contribution in [0.2, 0.25) is 0 Å². The molecule has 1 heterocycles. The van der Waals surface area contributed by atoms with Crippen molar-refractivity contribution >= 4 is 17.6 Å². The van der Waals surface area contributed by atoms with E-state index in [2.05, 4.69) is 0 Å². The molecule has 1 amide bonds. The SMILES string of the molecule is CC1Cc2c(C(=O)O)cccc2N1C(=O)c1ccccc1. The molecular weight excluding hydrogens is 266 g/mol. The third-order valence-corrected chi connectivity index (χ3v) is 3.82. The lowest BCUT2D eigenvalue weighted by Gasteiger charge is -2.22. The van der Waals surface area contributed by atoms with Crippen molar-refractivity contribution in [3.05, 3.63) is 65.2 Å². The molecule has 4 nitrogen and oxygen atoms in total. The van der Waals surface area contributed by atoms with Crippen LogP contribution in [0.15, 0.2) is 48.5 Å². The minimum absolute atomic E-state index is 0.0480. The van der Waals surface area contributed by atoms with Gasteiger partial charge in [0.25, 0.3) is 5.91 Å². The first kappa shape index (κ1) is 13.4. The summed E-state index contributed by atoms with van der Waals surface area (Å²) in [4.78, 5) is 25.7. The van der Waals surface area contributed by atoms with Crippen molar-refractivity contribution < 1.29 is 14.7 Å². The second-order valence-electron chi connectivity index (χ2n) is 5.20. The monoisotopic (exact) mass is 281 g/mol. The highest BCUT2D eigenvalue weighted by Gasteiger charge is 2.33. The molecule has 0 saturated heterocycles. The number of aromatic carboxylic acids is 1. The van der Waals surface area contributed by atoms with Gasteiger partial charge in [0.1, 0.15) is 0 Å². The highest BCUT2D eigenvalue weighted by atomic mass is 16.4. The van der Waals surface area contributed by atoms with Crippen LogP contribution in [0.25, 0.3) is 0 Å². The molecule has 1 N–H and O–H groups in total. The molecule has 106 valence electrons. The molecule has 0 aromatic heterocycles. The van der Waals surface area contributed by atoms with Gasteiger partial charge in [0.15, 0.2) is 0 Å². The fourth-order valence-electron chi connectivity index (χ4n) is 2.87. The van der Waals surface area contributed by atoms with Crippen LogP contribution in [0.4, 0.5) is 5.69 Å². The molecule has 0 bridgehead atoms. The summed E-state index contributed by atoms with van der Waals surface area (Å²) in [6, 6.07) is 14.1. The summed E-state index contributed by atoms with van der Waals surface area (Å²) in [5.41, 5.74) is 2.33. The smallest absolute Gasteiger partial charge is 0.336 e. The molecule has 4 heteroatoms. The summed E-state index contributed by atoms with van der Waals surface area (Å²) < 4.78 is 0. The lowest BCUT2D eigenvalue weighted by molar-refractivity contribution is 0.0695. The van der Waals surface area contributed by atoms with E-state index in [9.17, 15) is 14.7 Å². The Bertz CT molecular complexity index is 709. The number of carbonyl (C=O) groups excluding carboxylic acids is 1. The van der Waals surface area contributed by atoms with Gasteiger partial charge in [-0.15, -0.1) is 0 Å². The standard InChI is InChI=1S/C17H15NO3/c1-11-10-14-13(17(20)21)8-5-9-15(14)18(11)16(19)12-6-3-2-4-7-12/h2-9,11H,10H2,1H3,(H,20,21). The molecule has 3 rings (SSSR count). The predicted octanol–water partition coefficient (Wildman–Crippen LogP) is 2.98. The summed E-state index contributed by atoms with van der Waals surface area (Å²) in [7, 11) is 0. The van der Waals surface area contributed by atoms with Crippen LogP contribution in [0.1, 0.15) is 33.2 Å². The summed E-state index contributed by atoms with van der Waals surface area (Å²) in [6.07, 6.45) is 0.566. The van der Waals surface area contributed by atoms with E-state index in [0.717, 1.165) is 5.56 Å². The maximum absolute atomic E-state index is 12.7. The molecule has 1 aliphatic heterocycles. The van der Waals surface area contributed by atoms with Crippen LogP contribution in [0.5, 0.6) is 0 Å². The Hall–Kier alpha value is -2.62. The molecule has 0 fully saturated rings. The molecule has 0 aliphatic carbocycles. The van der Waals surface area contributed by atoms with Gasteiger partial charge in [-0.1, -0.05) is 24.3 Å². The predicted molar refractivity (Wildman–Crippen MR) is 79.8 cm³/mol. The third-order valence-electron chi connectivity index (χ3n) is 3.82. The van der Waals surface area contributed by atoms with Crippen molar-refractivity contribution in [2.24, 2.45) is 0 Å². The van der Waals surface area contributed by atoms with E-state index in [4.69, 9.17) is 0 Å². The highest BCUT2D eigenvalue weighted by Crippen LogP contribution is 2.35. The van der Waals surface area contributed by atoms with Gasteiger partial charge in [-0.05, 0) is 43.2 Å². The lowest BCUT2D eigenvalue weighted by atomic mass is 10.0. The lowest BCUT2D eigenvalue weighted by Crippen LogP contribution is -2.35. The van der Waals surface area contributed by atoms with E-state index in [-0.39, 0.29) is 17.5 Å². The Kier molecular flexibility index (Phi) is 3.22. The Morgan fingerprint density at radius 1 is 1.10 bits per heavy atom. The average molecular weight is 281 g/mol. The van der Waals surface area contributed by atoms with Crippen LogP contribution < -0.4 is 4.90 Å². The van der Waals surface area contributed by atoms with Crippen molar-refractivity contribution in [3.8, 4) is 0 Å². The van der Waals surface area contributed by atoms with Gasteiger partial charge in [-0.25, -0.2) is 4.79 Å². The topological polar surface area (TPSA) is 57.6 Å². The summed E-state index contributed by atoms with van der Waals surface area (Å²) in [6.45, 7) is 1.94. The van der Waals surface area contributed by atoms with Gasteiger partial charge in [0, 0.05) is 17.3 Å². The summed E-state index contributed by atoms with van der Waals surface area (Å²) >= 11 is 0. The van der Waals surface area contributed by atoms with Gasteiger partial charge < -0.3 is 10.0 Å². The Morgan fingerprint density at radius 2 is 1.81 bits per heavy atom. The van der Waals surface area contributed by atoms with Gasteiger partial charge >= 0.3 is 5.97 Å². The summed E-state index contributed by atoms with van der Waals surface area (Å²) in [5, 5.41) is 9.27. The molecule has 2 aromatic rings. The number of benzene rings is 2. The number of fused-ring (bicyclic) bond motifs is 1. The number of carboxylic acid groups (broad SMARTS) is 1. The van der Waals surface area contributed by atoms with Crippen molar-refractivity contribution in [2.45, 2.75) is 19.4 Å². The third kappa shape index (κ3) is 2.18. The van der Waals surface area contributed by atoms with E-state index in [1.807, 2.05) is 31.2 Å². The zero-order valence-corrected chi connectivity index (χ0v) is 11.6.